The van der Waals surface area contributed by atoms with E-state index < -0.39 is 0 Å². The molecule has 2 aromatic carbocycles. The summed E-state index contributed by atoms with van der Waals surface area (Å²) < 4.78 is 9.49. The minimum Gasteiger partial charge on any atom is -0.462 e. The minimum atomic E-state index is -0.370. The van der Waals surface area contributed by atoms with E-state index in [0.717, 1.165) is 11.0 Å². The van der Waals surface area contributed by atoms with Gasteiger partial charge in [0.15, 0.2) is 0 Å². The van der Waals surface area contributed by atoms with Crippen LogP contribution in [0.1, 0.15) is 34.2 Å². The average Bonchev–Trinajstić information content (AvgIpc) is 3.30. The maximum Gasteiger partial charge on any atom is 0.338 e. The zero-order chi connectivity index (χ0) is 23.2. The number of benzene rings is 2. The first kappa shape index (κ1) is 22.7. The van der Waals surface area contributed by atoms with Crippen molar-refractivity contribution in [3.05, 3.63) is 71.0 Å². The Bertz CT molecular complexity index is 1090. The molecular weight excluding hydrogens is 438 g/mol. The van der Waals surface area contributed by atoms with Crippen LogP contribution in [0.4, 0.5) is 15.6 Å². The van der Waals surface area contributed by atoms with E-state index in [0.29, 0.717) is 50.5 Å². The molecule has 0 unspecified atom stereocenters. The molecule has 1 aromatic heterocycles. The maximum absolute atomic E-state index is 12.6. The summed E-state index contributed by atoms with van der Waals surface area (Å²) in [4.78, 5) is 33.0. The van der Waals surface area contributed by atoms with E-state index in [1.165, 1.54) is 22.7 Å². The molecule has 1 aliphatic heterocycles. The molecule has 0 radical (unpaired) electrons. The average molecular weight is 466 g/mol. The molecule has 9 heteroatoms. The highest BCUT2D eigenvalue weighted by Crippen LogP contribution is 2.21. The van der Waals surface area contributed by atoms with Crippen molar-refractivity contribution in [1.29, 1.82) is 0 Å². The third kappa shape index (κ3) is 5.87. The van der Waals surface area contributed by atoms with E-state index in [-0.39, 0.29) is 12.0 Å². The third-order valence-corrected chi connectivity index (χ3v) is 6.24. The van der Waals surface area contributed by atoms with Gasteiger partial charge in [-0.2, -0.15) is 4.37 Å². The molecule has 1 fully saturated rings. The molecule has 8 nitrogen and oxygen atoms in total. The molecule has 0 bridgehead atoms. The Morgan fingerprint density at radius 1 is 1.03 bits per heavy atom. The fourth-order valence-electron chi connectivity index (χ4n) is 3.54. The number of anilines is 2. The van der Waals surface area contributed by atoms with Gasteiger partial charge in [0.1, 0.15) is 5.82 Å². The second-order valence-corrected chi connectivity index (χ2v) is 8.59. The highest BCUT2D eigenvalue weighted by molar-refractivity contribution is 7.09. The normalized spacial score (nSPS) is 13.6. The third-order valence-electron chi connectivity index (χ3n) is 5.42. The van der Waals surface area contributed by atoms with Crippen molar-refractivity contribution >= 4 is 34.4 Å². The number of nitrogens with zero attached hydrogens (tertiary/aromatic N) is 4. The van der Waals surface area contributed by atoms with Crippen LogP contribution in [0.15, 0.2) is 48.5 Å². The number of nitrogens with one attached hydrogen (secondary N) is 1. The molecule has 0 aliphatic carbocycles. The Hall–Kier alpha value is -3.46. The number of ether oxygens (including phenoxy) is 1. The van der Waals surface area contributed by atoms with E-state index >= 15 is 0 Å². The summed E-state index contributed by atoms with van der Waals surface area (Å²) >= 11 is 1.41. The van der Waals surface area contributed by atoms with Gasteiger partial charge >= 0.3 is 12.0 Å². The smallest absolute Gasteiger partial charge is 0.338 e. The number of hydrogen-bond donors (Lipinski definition) is 1. The van der Waals surface area contributed by atoms with Gasteiger partial charge in [-0.15, -0.1) is 0 Å². The summed E-state index contributed by atoms with van der Waals surface area (Å²) in [7, 11) is 0. The first-order valence-electron chi connectivity index (χ1n) is 11.0. The van der Waals surface area contributed by atoms with Crippen LogP contribution in [0.5, 0.6) is 0 Å². The zero-order valence-corrected chi connectivity index (χ0v) is 19.6. The van der Waals surface area contributed by atoms with Crippen LogP contribution in [0.25, 0.3) is 0 Å². The fourth-order valence-corrected chi connectivity index (χ4v) is 4.28. The van der Waals surface area contributed by atoms with Gasteiger partial charge in [-0.05, 0) is 43.7 Å². The predicted molar refractivity (Wildman–Crippen MR) is 129 cm³/mol. The monoisotopic (exact) mass is 465 g/mol. The highest BCUT2D eigenvalue weighted by atomic mass is 32.1. The number of rotatable bonds is 6. The van der Waals surface area contributed by atoms with Crippen molar-refractivity contribution in [2.75, 3.05) is 43.0 Å². The topological polar surface area (TPSA) is 87.7 Å². The molecule has 33 heavy (non-hydrogen) atoms. The summed E-state index contributed by atoms with van der Waals surface area (Å²) in [6.07, 6.45) is 0.716. The van der Waals surface area contributed by atoms with Gasteiger partial charge in [0, 0.05) is 49.8 Å². The van der Waals surface area contributed by atoms with Gasteiger partial charge in [-0.25, -0.2) is 14.6 Å². The van der Waals surface area contributed by atoms with Crippen molar-refractivity contribution in [3.8, 4) is 0 Å². The van der Waals surface area contributed by atoms with Gasteiger partial charge in [-0.3, -0.25) is 0 Å². The molecule has 0 saturated carbocycles. The summed E-state index contributed by atoms with van der Waals surface area (Å²) in [5.74, 6) is 0.454. The predicted octanol–water partition coefficient (Wildman–Crippen LogP) is 3.97. The van der Waals surface area contributed by atoms with Gasteiger partial charge < -0.3 is 19.9 Å². The minimum absolute atomic E-state index is 0.157. The Labute approximate surface area is 197 Å². The van der Waals surface area contributed by atoms with Gasteiger partial charge in [0.2, 0.25) is 5.13 Å². The van der Waals surface area contributed by atoms with Crippen LogP contribution < -0.4 is 10.2 Å². The second-order valence-electron chi connectivity index (χ2n) is 7.86. The second kappa shape index (κ2) is 10.4. The molecule has 2 heterocycles. The number of piperazine rings is 1. The zero-order valence-electron chi connectivity index (χ0n) is 18.8. The molecule has 4 rings (SSSR count). The number of hydrogen-bond acceptors (Lipinski definition) is 7. The number of aryl methyl sites for hydroxylation is 1. The van der Waals surface area contributed by atoms with E-state index in [9.17, 15) is 9.59 Å². The number of esters is 1. The Kier molecular flexibility index (Phi) is 7.19. The van der Waals surface area contributed by atoms with Crippen molar-refractivity contribution in [2.24, 2.45) is 0 Å². The molecule has 172 valence electrons. The summed E-state index contributed by atoms with van der Waals surface area (Å²) in [5.41, 5.74) is 3.53. The van der Waals surface area contributed by atoms with Crippen molar-refractivity contribution in [2.45, 2.75) is 20.3 Å². The number of aromatic nitrogens is 2. The molecule has 0 spiro atoms. The van der Waals surface area contributed by atoms with Crippen LogP contribution in [0.3, 0.4) is 0 Å². The number of carbonyl (C=O) groups is 2. The molecular formula is C24H27N5O3S. The lowest BCUT2D eigenvalue weighted by molar-refractivity contribution is 0.0526. The first-order valence-corrected chi connectivity index (χ1v) is 11.8. The van der Waals surface area contributed by atoms with Crippen LogP contribution >= 0.6 is 11.5 Å². The van der Waals surface area contributed by atoms with Crippen molar-refractivity contribution < 1.29 is 14.3 Å². The van der Waals surface area contributed by atoms with Crippen LogP contribution in [-0.2, 0) is 11.2 Å². The van der Waals surface area contributed by atoms with E-state index in [1.807, 2.05) is 0 Å². The standard InChI is InChI=1S/C24H27N5O3S/c1-3-32-22(30)19-8-10-20(11-9-19)25-23(31)28-12-14-29(15-13-28)24-26-21(27-33-24)16-18-6-4-17(2)5-7-18/h4-11H,3,12-16H2,1-2H3,(H,25,31). The van der Waals surface area contributed by atoms with Gasteiger partial charge in [0.25, 0.3) is 0 Å². The van der Waals surface area contributed by atoms with Gasteiger partial charge in [0.05, 0.1) is 12.2 Å². The summed E-state index contributed by atoms with van der Waals surface area (Å²) in [6, 6.07) is 15.0. The molecule has 1 saturated heterocycles. The molecule has 0 atom stereocenters. The maximum atomic E-state index is 12.6. The lowest BCUT2D eigenvalue weighted by atomic mass is 10.1. The fraction of sp³-hybridized carbons (Fsp3) is 0.333. The van der Waals surface area contributed by atoms with E-state index in [1.54, 1.807) is 36.1 Å². The van der Waals surface area contributed by atoms with Crippen LogP contribution in [-0.4, -0.2) is 59.0 Å². The van der Waals surface area contributed by atoms with Crippen molar-refractivity contribution in [1.82, 2.24) is 14.3 Å². The number of amides is 2. The highest BCUT2D eigenvalue weighted by Gasteiger charge is 2.23. The lowest BCUT2D eigenvalue weighted by Gasteiger charge is -2.34. The van der Waals surface area contributed by atoms with Gasteiger partial charge in [-0.1, -0.05) is 29.8 Å². The molecule has 1 N–H and O–H groups in total. The van der Waals surface area contributed by atoms with E-state index in [2.05, 4.69) is 45.8 Å². The number of urea groups is 1. The molecule has 2 amide bonds. The lowest BCUT2D eigenvalue weighted by Crippen LogP contribution is -2.50. The molecule has 3 aromatic rings. The Morgan fingerprint density at radius 3 is 2.39 bits per heavy atom. The van der Waals surface area contributed by atoms with Crippen molar-refractivity contribution in [3.63, 3.8) is 0 Å². The van der Waals surface area contributed by atoms with E-state index in [4.69, 9.17) is 9.72 Å². The Balaban J connectivity index is 1.27. The first-order chi connectivity index (χ1) is 16.0. The summed E-state index contributed by atoms with van der Waals surface area (Å²) in [5, 5.41) is 3.79. The Morgan fingerprint density at radius 2 is 1.73 bits per heavy atom. The SMILES string of the molecule is CCOC(=O)c1ccc(NC(=O)N2CCN(c3nc(Cc4ccc(C)cc4)ns3)CC2)cc1. The summed E-state index contributed by atoms with van der Waals surface area (Å²) in [6.45, 7) is 6.77. The largest absolute Gasteiger partial charge is 0.462 e. The van der Waals surface area contributed by atoms with Crippen LogP contribution in [0, 0.1) is 6.92 Å². The quantitative estimate of drug-likeness (QED) is 0.555. The molecule has 1 aliphatic rings. The number of carbonyl (C=O) groups excluding carboxylic acids is 2. The van der Waals surface area contributed by atoms with Crippen LogP contribution in [0.2, 0.25) is 0 Å².